The monoisotopic (exact) mass is 314 g/mol. The molecule has 0 fully saturated rings. The minimum Gasteiger partial charge on any atom is -0.383 e. The normalized spacial score (nSPS) is 12.5. The van der Waals surface area contributed by atoms with Gasteiger partial charge in [-0.25, -0.2) is 0 Å². The average molecular weight is 315 g/mol. The minimum absolute atomic E-state index is 0.364. The molecule has 18 heavy (non-hydrogen) atoms. The zero-order valence-electron chi connectivity index (χ0n) is 11.7. The Morgan fingerprint density at radius 2 is 2.17 bits per heavy atom. The Bertz CT molecular complexity index is 371. The van der Waals surface area contributed by atoms with Crippen LogP contribution in [0.15, 0.2) is 22.7 Å². The number of nitrogens with zero attached hydrogens (tertiary/aromatic N) is 1. The number of halogens is 1. The maximum Gasteiger partial charge on any atom is 0.0637 e. The fourth-order valence-electron chi connectivity index (χ4n) is 1.88. The summed E-state index contributed by atoms with van der Waals surface area (Å²) < 4.78 is 6.25. The van der Waals surface area contributed by atoms with E-state index in [1.165, 1.54) is 11.3 Å². The number of methoxy groups -OCH3 is 1. The average Bonchev–Trinajstić information content (AvgIpc) is 2.35. The summed E-state index contributed by atoms with van der Waals surface area (Å²) in [6.45, 7) is 6.91. The summed E-state index contributed by atoms with van der Waals surface area (Å²) in [5.74, 6) is 0. The van der Waals surface area contributed by atoms with E-state index < -0.39 is 0 Å². The molecule has 1 aromatic rings. The first kappa shape index (κ1) is 15.5. The summed E-state index contributed by atoms with van der Waals surface area (Å²) in [4.78, 5) is 2.19. The van der Waals surface area contributed by atoms with E-state index in [4.69, 9.17) is 4.74 Å². The summed E-state index contributed by atoms with van der Waals surface area (Å²) in [5, 5.41) is 3.42. The third-order valence-corrected chi connectivity index (χ3v) is 3.72. The Balaban J connectivity index is 2.78. The zero-order valence-corrected chi connectivity index (χ0v) is 13.3. The molecule has 102 valence electrons. The molecule has 1 atom stereocenters. The molecule has 3 nitrogen and oxygen atoms in total. The first-order valence-corrected chi connectivity index (χ1v) is 7.12. The predicted molar refractivity (Wildman–Crippen MR) is 81.4 cm³/mol. The van der Waals surface area contributed by atoms with E-state index in [-0.39, 0.29) is 0 Å². The van der Waals surface area contributed by atoms with Gasteiger partial charge >= 0.3 is 0 Å². The number of benzene rings is 1. The van der Waals surface area contributed by atoms with Gasteiger partial charge in [-0.05, 0) is 31.2 Å². The quantitative estimate of drug-likeness (QED) is 0.836. The van der Waals surface area contributed by atoms with Crippen molar-refractivity contribution in [3.05, 3.63) is 28.2 Å². The number of likely N-dealkylation sites (N-methyl/N-ethyl adjacent to an activating group) is 1. The second kappa shape index (κ2) is 7.77. The molecule has 0 bridgehead atoms. The van der Waals surface area contributed by atoms with Crippen molar-refractivity contribution in [2.75, 3.05) is 38.8 Å². The van der Waals surface area contributed by atoms with Crippen LogP contribution in [0.3, 0.4) is 0 Å². The molecule has 0 saturated heterocycles. The molecule has 1 N–H and O–H groups in total. The van der Waals surface area contributed by atoms with Gasteiger partial charge in [-0.15, -0.1) is 0 Å². The standard InChI is InChI=1S/C14H23BrN2O/c1-5-16-11(2)13-7-6-12(10-14(13)15)17(3)8-9-18-4/h6-7,10-11,16H,5,8-9H2,1-4H3. The maximum atomic E-state index is 5.09. The molecule has 1 unspecified atom stereocenters. The maximum absolute atomic E-state index is 5.09. The van der Waals surface area contributed by atoms with Crippen molar-refractivity contribution < 1.29 is 4.74 Å². The van der Waals surface area contributed by atoms with E-state index in [1.807, 2.05) is 0 Å². The molecular formula is C14H23BrN2O. The number of nitrogens with one attached hydrogen (secondary N) is 1. The topological polar surface area (TPSA) is 24.5 Å². The number of ether oxygens (including phenoxy) is 1. The summed E-state index contributed by atoms with van der Waals surface area (Å²) >= 11 is 3.66. The van der Waals surface area contributed by atoms with Crippen molar-refractivity contribution in [3.63, 3.8) is 0 Å². The highest BCUT2D eigenvalue weighted by Gasteiger charge is 2.10. The first-order valence-electron chi connectivity index (χ1n) is 6.33. The molecule has 0 heterocycles. The van der Waals surface area contributed by atoms with E-state index in [0.29, 0.717) is 6.04 Å². The van der Waals surface area contributed by atoms with Gasteiger partial charge in [0.05, 0.1) is 6.61 Å². The number of rotatable bonds is 7. The predicted octanol–water partition coefficient (Wildman–Crippen LogP) is 3.20. The van der Waals surface area contributed by atoms with Gasteiger partial charge in [-0.1, -0.05) is 28.9 Å². The molecular weight excluding hydrogens is 292 g/mol. The molecule has 0 aliphatic heterocycles. The smallest absolute Gasteiger partial charge is 0.0637 e. The lowest BCUT2D eigenvalue weighted by Gasteiger charge is -2.21. The van der Waals surface area contributed by atoms with Gasteiger partial charge in [0.1, 0.15) is 0 Å². The van der Waals surface area contributed by atoms with Crippen LogP contribution in [0, 0.1) is 0 Å². The van der Waals surface area contributed by atoms with E-state index in [2.05, 4.69) is 65.2 Å². The van der Waals surface area contributed by atoms with Crippen LogP contribution in [0.5, 0.6) is 0 Å². The lowest BCUT2D eigenvalue weighted by atomic mass is 10.1. The minimum atomic E-state index is 0.364. The van der Waals surface area contributed by atoms with Crippen LogP contribution in [0.2, 0.25) is 0 Å². The molecule has 0 amide bonds. The summed E-state index contributed by atoms with van der Waals surface area (Å²) in [6.07, 6.45) is 0. The van der Waals surface area contributed by atoms with Crippen molar-refractivity contribution in [2.45, 2.75) is 19.9 Å². The zero-order chi connectivity index (χ0) is 13.5. The van der Waals surface area contributed by atoms with Crippen molar-refractivity contribution in [3.8, 4) is 0 Å². The van der Waals surface area contributed by atoms with Crippen LogP contribution in [-0.4, -0.2) is 33.9 Å². The van der Waals surface area contributed by atoms with Crippen molar-refractivity contribution in [1.29, 1.82) is 0 Å². The molecule has 0 aliphatic carbocycles. The molecule has 0 spiro atoms. The highest BCUT2D eigenvalue weighted by Crippen LogP contribution is 2.27. The van der Waals surface area contributed by atoms with Gasteiger partial charge in [0.2, 0.25) is 0 Å². The Morgan fingerprint density at radius 3 is 2.72 bits per heavy atom. The Labute approximate surface area is 119 Å². The second-order valence-electron chi connectivity index (χ2n) is 4.40. The summed E-state index contributed by atoms with van der Waals surface area (Å²) in [5.41, 5.74) is 2.49. The van der Waals surface area contributed by atoms with Gasteiger partial charge in [-0.2, -0.15) is 0 Å². The van der Waals surface area contributed by atoms with Crippen LogP contribution < -0.4 is 10.2 Å². The summed E-state index contributed by atoms with van der Waals surface area (Å²) in [7, 11) is 3.80. The van der Waals surface area contributed by atoms with Gasteiger partial charge in [0, 0.05) is 36.9 Å². The van der Waals surface area contributed by atoms with Gasteiger partial charge in [0.25, 0.3) is 0 Å². The highest BCUT2D eigenvalue weighted by molar-refractivity contribution is 9.10. The number of hydrogen-bond acceptors (Lipinski definition) is 3. The molecule has 1 aromatic carbocycles. The summed E-state index contributed by atoms with van der Waals surface area (Å²) in [6, 6.07) is 6.86. The second-order valence-corrected chi connectivity index (χ2v) is 5.25. The molecule has 4 heteroatoms. The number of anilines is 1. The van der Waals surface area contributed by atoms with E-state index in [0.717, 1.165) is 24.2 Å². The van der Waals surface area contributed by atoms with Crippen LogP contribution in [0.4, 0.5) is 5.69 Å². The third-order valence-electron chi connectivity index (χ3n) is 3.03. The van der Waals surface area contributed by atoms with Gasteiger partial charge in [-0.3, -0.25) is 0 Å². The molecule has 1 rings (SSSR count). The van der Waals surface area contributed by atoms with Crippen LogP contribution >= 0.6 is 15.9 Å². The fraction of sp³-hybridized carbons (Fsp3) is 0.571. The van der Waals surface area contributed by atoms with Crippen LogP contribution in [0.25, 0.3) is 0 Å². The third kappa shape index (κ3) is 4.26. The number of hydrogen-bond donors (Lipinski definition) is 1. The van der Waals surface area contributed by atoms with E-state index >= 15 is 0 Å². The lowest BCUT2D eigenvalue weighted by molar-refractivity contribution is 0.206. The largest absolute Gasteiger partial charge is 0.383 e. The van der Waals surface area contributed by atoms with Crippen LogP contribution in [-0.2, 0) is 4.74 Å². The first-order chi connectivity index (χ1) is 8.60. The van der Waals surface area contributed by atoms with E-state index in [9.17, 15) is 0 Å². The molecule has 0 radical (unpaired) electrons. The molecule has 0 aliphatic rings. The van der Waals surface area contributed by atoms with Gasteiger partial charge < -0.3 is 15.0 Å². The SMILES string of the molecule is CCNC(C)c1ccc(N(C)CCOC)cc1Br. The Kier molecular flexibility index (Phi) is 6.68. The van der Waals surface area contributed by atoms with E-state index in [1.54, 1.807) is 7.11 Å². The van der Waals surface area contributed by atoms with Gasteiger partial charge in [0.15, 0.2) is 0 Å². The fourth-order valence-corrected chi connectivity index (χ4v) is 2.59. The van der Waals surface area contributed by atoms with Crippen molar-refractivity contribution >= 4 is 21.6 Å². The molecule has 0 saturated carbocycles. The Morgan fingerprint density at radius 1 is 1.44 bits per heavy atom. The lowest BCUT2D eigenvalue weighted by Crippen LogP contribution is -2.22. The van der Waals surface area contributed by atoms with Crippen molar-refractivity contribution in [1.82, 2.24) is 5.32 Å². The van der Waals surface area contributed by atoms with Crippen molar-refractivity contribution in [2.24, 2.45) is 0 Å². The Hall–Kier alpha value is -0.580. The highest BCUT2D eigenvalue weighted by atomic mass is 79.9. The van der Waals surface area contributed by atoms with Crippen LogP contribution in [0.1, 0.15) is 25.5 Å². The molecule has 0 aromatic heterocycles.